The van der Waals surface area contributed by atoms with Gasteiger partial charge in [0, 0.05) is 40.8 Å². The molecule has 0 unspecified atom stereocenters. The Bertz CT molecular complexity index is 1240. The van der Waals surface area contributed by atoms with Gasteiger partial charge in [0.1, 0.15) is 12.9 Å². The van der Waals surface area contributed by atoms with Crippen LogP contribution >= 0.6 is 11.8 Å². The van der Waals surface area contributed by atoms with Crippen LogP contribution < -0.4 is 0 Å². The summed E-state index contributed by atoms with van der Waals surface area (Å²) >= 11 is 0.895. The van der Waals surface area contributed by atoms with Gasteiger partial charge in [-0.2, -0.15) is 0 Å². The Morgan fingerprint density at radius 2 is 1.14 bits per heavy atom. The summed E-state index contributed by atoms with van der Waals surface area (Å²) in [6.45, 7) is 4.68. The molecule has 2 N–H and O–H groups in total. The summed E-state index contributed by atoms with van der Waals surface area (Å²) in [5.74, 6) is 32.2. The molecule has 0 spiro atoms. The number of aliphatic hydroxyl groups is 2. The van der Waals surface area contributed by atoms with E-state index in [1.165, 1.54) is 71.1 Å². The van der Waals surface area contributed by atoms with E-state index in [1.807, 2.05) is 0 Å². The normalized spacial score (nSPS) is 9.05. The molecule has 0 aromatic rings. The predicted octanol–water partition coefficient (Wildman–Crippen LogP) is 7.92. The highest BCUT2D eigenvalue weighted by Crippen LogP contribution is 2.12. The number of unbranched alkanes of at least 4 members (excludes halogenated alkanes) is 11. The van der Waals surface area contributed by atoms with Crippen LogP contribution in [-0.4, -0.2) is 47.4 Å². The molecular formula is C36H66O6S. The highest BCUT2D eigenvalue weighted by Gasteiger charge is 2.13. The molecule has 0 aliphatic carbocycles. The Morgan fingerprint density at radius 1 is 0.698 bits per heavy atom. The monoisotopic (exact) mass is 626 g/mol. The molecule has 0 saturated carbocycles. The maximum atomic E-state index is 11.6. The molecule has 0 aromatic carbocycles. The molecule has 1 atom stereocenters. The zero-order valence-electron chi connectivity index (χ0n) is 25.8. The van der Waals surface area contributed by atoms with E-state index in [0.29, 0.717) is 6.42 Å². The molecule has 0 heterocycles. The summed E-state index contributed by atoms with van der Waals surface area (Å²) < 4.78 is 9.80. The molecule has 0 rings (SSSR count). The van der Waals surface area contributed by atoms with E-state index in [2.05, 4.69) is 89.1 Å². The number of hydrogen-bond donors (Lipinski definition) is 2. The first-order valence-corrected chi connectivity index (χ1v) is 15.4. The quantitative estimate of drug-likeness (QED) is 0.0691. The first-order chi connectivity index (χ1) is 21.0. The van der Waals surface area contributed by atoms with Crippen LogP contribution in [0.5, 0.6) is 0 Å². The van der Waals surface area contributed by atoms with Crippen LogP contribution in [-0.2, 0) is 19.1 Å². The van der Waals surface area contributed by atoms with Crippen molar-refractivity contribution in [2.24, 2.45) is 0 Å². The number of carbonyl (C=O) groups is 2. The number of rotatable bonds is 18. The fourth-order valence-corrected chi connectivity index (χ4v) is 3.41. The molecule has 0 amide bonds. The van der Waals surface area contributed by atoms with E-state index in [0.717, 1.165) is 24.6 Å². The fourth-order valence-electron chi connectivity index (χ4n) is 3.16. The van der Waals surface area contributed by atoms with Gasteiger partial charge >= 0.3 is 5.97 Å². The number of hydrogen-bond acceptors (Lipinski definition) is 7. The van der Waals surface area contributed by atoms with Crippen LogP contribution in [0.4, 0.5) is 0 Å². The van der Waals surface area contributed by atoms with E-state index < -0.39 is 12.9 Å². The molecule has 0 fully saturated rings. The molecule has 0 bridgehead atoms. The molecule has 0 radical (unpaired) electrons. The molecule has 43 heavy (non-hydrogen) atoms. The van der Waals surface area contributed by atoms with Gasteiger partial charge in [-0.05, 0) is 89.6 Å². The Kier molecular flexibility index (Phi) is 35.0. The molecular weight excluding hydrogens is 560 g/mol. The average molecular weight is 627 g/mol. The van der Waals surface area contributed by atoms with E-state index >= 15 is 0 Å². The average Bonchev–Trinajstić information content (AvgIpc) is 3.00. The molecule has 0 aliphatic heterocycles. The van der Waals surface area contributed by atoms with Crippen LogP contribution in [0.15, 0.2) is 0 Å². The molecule has 7 heteroatoms. The lowest BCUT2D eigenvalue weighted by Crippen LogP contribution is -2.27. The summed E-state index contributed by atoms with van der Waals surface area (Å²) in [4.78, 5) is 22.1. The third-order valence-electron chi connectivity index (χ3n) is 5.19. The van der Waals surface area contributed by atoms with Crippen LogP contribution in [0.2, 0.25) is 0 Å². The standard InChI is InChI=1S/C19H38O5.C17H6OS.11H2/c1-2-3-4-5-6-7-8-9-10-11-12-13-14-19(22)24-18(15-20)16-23-17-21;1-3-4-5-6-7-8-9-10-11-12-13-14-15-16-19-17(2)18;;;;;;;;;;;/h18,20-21H,2-17H2,1H3;1-2H3;11*1H/t18-;;;;;;;;;;;;/m1............/s1. The number of aliphatic hydroxyl groups excluding tert-OH is 2. The number of esters is 1. The first-order valence-electron chi connectivity index (χ1n) is 14.6. The third-order valence-corrected chi connectivity index (χ3v) is 5.68. The van der Waals surface area contributed by atoms with Crippen molar-refractivity contribution in [2.45, 2.75) is 110 Å². The molecule has 6 nitrogen and oxygen atoms in total. The zero-order chi connectivity index (χ0) is 32.1. The van der Waals surface area contributed by atoms with Crippen molar-refractivity contribution in [3.8, 4) is 82.2 Å². The Morgan fingerprint density at radius 3 is 1.56 bits per heavy atom. The van der Waals surface area contributed by atoms with Crippen molar-refractivity contribution in [1.29, 1.82) is 0 Å². The van der Waals surface area contributed by atoms with Gasteiger partial charge in [-0.25, -0.2) is 0 Å². The largest absolute Gasteiger partial charge is 0.457 e. The highest BCUT2D eigenvalue weighted by molar-refractivity contribution is 8.17. The minimum atomic E-state index is -0.679. The van der Waals surface area contributed by atoms with E-state index in [9.17, 15) is 9.59 Å². The summed E-state index contributed by atoms with van der Waals surface area (Å²) in [7, 11) is 0. The lowest BCUT2D eigenvalue weighted by molar-refractivity contribution is -0.157. The lowest BCUT2D eigenvalue weighted by atomic mass is 10.0. The minimum absolute atomic E-state index is 0. The van der Waals surface area contributed by atoms with Crippen molar-refractivity contribution in [3.05, 3.63) is 0 Å². The summed E-state index contributed by atoms with van der Waals surface area (Å²) in [6, 6.07) is 0. The maximum absolute atomic E-state index is 11.6. The zero-order valence-corrected chi connectivity index (χ0v) is 26.6. The molecule has 252 valence electrons. The van der Waals surface area contributed by atoms with Crippen molar-refractivity contribution in [3.63, 3.8) is 0 Å². The van der Waals surface area contributed by atoms with Crippen LogP contribution in [0, 0.1) is 82.2 Å². The second-order valence-electron chi connectivity index (χ2n) is 8.88. The Balaban J connectivity index is -0.0000000477. The van der Waals surface area contributed by atoms with Gasteiger partial charge in [-0.3, -0.25) is 9.59 Å². The summed E-state index contributed by atoms with van der Waals surface area (Å²) in [5, 5.41) is 20.0. The smallest absolute Gasteiger partial charge is 0.306 e. The van der Waals surface area contributed by atoms with Crippen molar-refractivity contribution >= 4 is 22.8 Å². The lowest BCUT2D eigenvalue weighted by Gasteiger charge is -2.14. The van der Waals surface area contributed by atoms with Gasteiger partial charge in [0.15, 0.2) is 5.12 Å². The minimum Gasteiger partial charge on any atom is -0.457 e. The van der Waals surface area contributed by atoms with Crippen LogP contribution in [0.1, 0.15) is 120 Å². The Labute approximate surface area is 280 Å². The fraction of sp³-hybridized carbons (Fsp3) is 0.556. The first kappa shape index (κ1) is 41.4. The van der Waals surface area contributed by atoms with Crippen LogP contribution in [0.3, 0.4) is 0 Å². The second kappa shape index (κ2) is 36.3. The van der Waals surface area contributed by atoms with E-state index in [-0.39, 0.29) is 40.0 Å². The topological polar surface area (TPSA) is 93.1 Å². The van der Waals surface area contributed by atoms with Crippen LogP contribution in [0.25, 0.3) is 0 Å². The molecule has 0 aliphatic rings. The molecule has 0 aromatic heterocycles. The van der Waals surface area contributed by atoms with Crippen molar-refractivity contribution in [2.75, 3.05) is 20.0 Å². The number of thioether (sulfide) groups is 1. The number of carbonyl (C=O) groups excluding carboxylic acids is 2. The third kappa shape index (κ3) is 38.3. The molecule has 0 saturated heterocycles. The van der Waals surface area contributed by atoms with E-state index in [4.69, 9.17) is 19.7 Å². The second-order valence-corrected chi connectivity index (χ2v) is 9.86. The van der Waals surface area contributed by atoms with Gasteiger partial charge in [0.05, 0.1) is 13.2 Å². The predicted molar refractivity (Wildman–Crippen MR) is 197 cm³/mol. The highest BCUT2D eigenvalue weighted by atomic mass is 32.2. The van der Waals surface area contributed by atoms with Gasteiger partial charge in [0.2, 0.25) is 0 Å². The summed E-state index contributed by atoms with van der Waals surface area (Å²) in [6.07, 6.45) is 14.8. The van der Waals surface area contributed by atoms with Gasteiger partial charge in [0.25, 0.3) is 0 Å². The maximum Gasteiger partial charge on any atom is 0.306 e. The number of ether oxygens (including phenoxy) is 2. The van der Waals surface area contributed by atoms with Gasteiger partial charge in [-0.15, -0.1) is 0 Å². The van der Waals surface area contributed by atoms with Crippen molar-refractivity contribution in [1.82, 2.24) is 0 Å². The van der Waals surface area contributed by atoms with Gasteiger partial charge in [-0.1, -0.05) is 83.5 Å². The van der Waals surface area contributed by atoms with E-state index in [1.54, 1.807) is 6.92 Å². The summed E-state index contributed by atoms with van der Waals surface area (Å²) in [5.41, 5.74) is 0. The van der Waals surface area contributed by atoms with Gasteiger partial charge < -0.3 is 19.7 Å². The SMILES string of the molecule is CC#CC#CC#CC#CC#CC#CC#CSC(C)=O.CCCCCCCCCCCCCCC(=O)O[C@H](CO)COCO.[HH].[HH].[HH].[HH].[HH].[HH].[HH].[HH].[HH].[HH].[HH]. The van der Waals surface area contributed by atoms with Crippen molar-refractivity contribution < 1.29 is 45.0 Å². The Hall–Kier alpha value is -3.71.